The molecule has 6 heteroatoms. The summed E-state index contributed by atoms with van der Waals surface area (Å²) in [6.07, 6.45) is -0.322. The second kappa shape index (κ2) is 7.00. The number of hydrogen-bond acceptors (Lipinski definition) is 4. The van der Waals surface area contributed by atoms with Gasteiger partial charge in [0.25, 0.3) is 0 Å². The average molecular weight is 316 g/mol. The molecule has 98 valence electrons. The van der Waals surface area contributed by atoms with Crippen molar-refractivity contribution < 1.29 is 19.1 Å². The minimum absolute atomic E-state index is 0.342. The number of alkyl carbamates (subject to hydrolysis) is 1. The van der Waals surface area contributed by atoms with E-state index in [0.29, 0.717) is 6.42 Å². The van der Waals surface area contributed by atoms with Crippen molar-refractivity contribution in [3.8, 4) is 0 Å². The number of benzene rings is 1. The lowest BCUT2D eigenvalue weighted by Crippen LogP contribution is -2.42. The van der Waals surface area contributed by atoms with Gasteiger partial charge in [-0.2, -0.15) is 0 Å². The lowest BCUT2D eigenvalue weighted by Gasteiger charge is -2.15. The number of nitrogens with one attached hydrogen (secondary N) is 1. The van der Waals surface area contributed by atoms with Crippen LogP contribution in [0.4, 0.5) is 4.79 Å². The molecule has 18 heavy (non-hydrogen) atoms. The molecular formula is C12H14BrNO4. The zero-order chi connectivity index (χ0) is 13.5. The molecular weight excluding hydrogens is 302 g/mol. The van der Waals surface area contributed by atoms with Gasteiger partial charge < -0.3 is 14.8 Å². The molecule has 5 nitrogen and oxygen atoms in total. The van der Waals surface area contributed by atoms with Crippen molar-refractivity contribution in [2.24, 2.45) is 0 Å². The average Bonchev–Trinajstić information content (AvgIpc) is 2.39. The molecule has 0 aliphatic rings. The Bertz CT molecular complexity index is 419. The Morgan fingerprint density at radius 1 is 1.22 bits per heavy atom. The Labute approximate surface area is 114 Å². The van der Waals surface area contributed by atoms with Crippen LogP contribution >= 0.6 is 15.9 Å². The molecule has 0 aliphatic heterocycles. The van der Waals surface area contributed by atoms with E-state index in [2.05, 4.69) is 30.7 Å². The van der Waals surface area contributed by atoms with Gasteiger partial charge in [-0.3, -0.25) is 0 Å². The van der Waals surface area contributed by atoms with Crippen molar-refractivity contribution in [3.05, 3.63) is 34.3 Å². The molecule has 1 amide bonds. The number of carbonyl (C=O) groups is 2. The molecule has 0 aromatic heterocycles. The smallest absolute Gasteiger partial charge is 0.407 e. The van der Waals surface area contributed by atoms with Crippen molar-refractivity contribution >= 4 is 28.0 Å². The van der Waals surface area contributed by atoms with E-state index < -0.39 is 18.1 Å². The third-order valence-electron chi connectivity index (χ3n) is 2.32. The van der Waals surface area contributed by atoms with Crippen molar-refractivity contribution in [1.82, 2.24) is 5.32 Å². The van der Waals surface area contributed by atoms with Crippen molar-refractivity contribution in [2.45, 2.75) is 12.5 Å². The third kappa shape index (κ3) is 4.37. The molecule has 0 fully saturated rings. The minimum Gasteiger partial charge on any atom is -0.467 e. The molecule has 0 bridgehead atoms. The molecule has 1 atom stereocenters. The quantitative estimate of drug-likeness (QED) is 0.862. The van der Waals surface area contributed by atoms with Crippen LogP contribution in [0.25, 0.3) is 0 Å². The summed E-state index contributed by atoms with van der Waals surface area (Å²) in [6.45, 7) is 0. The predicted molar refractivity (Wildman–Crippen MR) is 69.2 cm³/mol. The van der Waals surface area contributed by atoms with Gasteiger partial charge in [-0.05, 0) is 17.7 Å². The van der Waals surface area contributed by atoms with Crippen LogP contribution < -0.4 is 5.32 Å². The summed E-state index contributed by atoms with van der Waals surface area (Å²) < 4.78 is 10.0. The van der Waals surface area contributed by atoms with Crippen LogP contribution in [0.2, 0.25) is 0 Å². The predicted octanol–water partition coefficient (Wildman–Crippen LogP) is 1.89. The maximum Gasteiger partial charge on any atom is 0.407 e. The molecule has 0 radical (unpaired) electrons. The largest absolute Gasteiger partial charge is 0.467 e. The molecule has 0 spiro atoms. The Balaban J connectivity index is 2.74. The summed E-state index contributed by atoms with van der Waals surface area (Å²) in [5.74, 6) is -0.511. The van der Waals surface area contributed by atoms with Crippen LogP contribution in [0.5, 0.6) is 0 Å². The van der Waals surface area contributed by atoms with E-state index in [9.17, 15) is 9.59 Å². The third-order valence-corrected chi connectivity index (χ3v) is 2.84. The normalized spacial score (nSPS) is 11.5. The fourth-order valence-electron chi connectivity index (χ4n) is 1.39. The summed E-state index contributed by atoms with van der Waals surface area (Å²) in [4.78, 5) is 22.7. The van der Waals surface area contributed by atoms with E-state index in [-0.39, 0.29) is 0 Å². The lowest BCUT2D eigenvalue weighted by molar-refractivity contribution is -0.142. The molecule has 0 saturated heterocycles. The van der Waals surface area contributed by atoms with E-state index in [0.717, 1.165) is 10.0 Å². The number of halogens is 1. The van der Waals surface area contributed by atoms with Crippen LogP contribution in [0.3, 0.4) is 0 Å². The topological polar surface area (TPSA) is 64.6 Å². The maximum absolute atomic E-state index is 11.5. The number of hydrogen-bond donors (Lipinski definition) is 1. The van der Waals surface area contributed by atoms with Gasteiger partial charge in [-0.15, -0.1) is 0 Å². The van der Waals surface area contributed by atoms with Crippen LogP contribution in [0.1, 0.15) is 5.56 Å². The van der Waals surface area contributed by atoms with Crippen molar-refractivity contribution in [3.63, 3.8) is 0 Å². The van der Waals surface area contributed by atoms with Gasteiger partial charge in [0.05, 0.1) is 14.2 Å². The Morgan fingerprint density at radius 3 is 2.33 bits per heavy atom. The lowest BCUT2D eigenvalue weighted by atomic mass is 10.1. The highest BCUT2D eigenvalue weighted by Gasteiger charge is 2.22. The van der Waals surface area contributed by atoms with E-state index in [4.69, 9.17) is 0 Å². The van der Waals surface area contributed by atoms with Crippen LogP contribution in [-0.4, -0.2) is 32.3 Å². The van der Waals surface area contributed by atoms with Crippen LogP contribution in [0, 0.1) is 0 Å². The van der Waals surface area contributed by atoms with Crippen molar-refractivity contribution in [1.29, 1.82) is 0 Å². The zero-order valence-corrected chi connectivity index (χ0v) is 11.7. The molecule has 0 saturated carbocycles. The highest BCUT2D eigenvalue weighted by molar-refractivity contribution is 9.10. The van der Waals surface area contributed by atoms with Gasteiger partial charge in [0.1, 0.15) is 6.04 Å². The van der Waals surface area contributed by atoms with Crippen molar-refractivity contribution in [2.75, 3.05) is 14.2 Å². The number of amides is 1. The van der Waals surface area contributed by atoms with E-state index in [1.807, 2.05) is 24.3 Å². The highest BCUT2D eigenvalue weighted by Crippen LogP contribution is 2.12. The SMILES string of the molecule is COC(=O)NC(Cc1ccc(Br)cc1)C(=O)OC. The number of esters is 1. The minimum atomic E-state index is -0.761. The number of methoxy groups -OCH3 is 2. The molecule has 0 heterocycles. The molecule has 1 aromatic rings. The molecule has 0 aliphatic carbocycles. The second-order valence-electron chi connectivity index (χ2n) is 3.54. The molecule has 1 N–H and O–H groups in total. The van der Waals surface area contributed by atoms with Gasteiger partial charge in [0.15, 0.2) is 0 Å². The van der Waals surface area contributed by atoms with E-state index in [1.54, 1.807) is 0 Å². The summed E-state index contributed by atoms with van der Waals surface area (Å²) in [7, 11) is 2.51. The van der Waals surface area contributed by atoms with Gasteiger partial charge >= 0.3 is 12.1 Å². The highest BCUT2D eigenvalue weighted by atomic mass is 79.9. The molecule has 1 rings (SSSR count). The fraction of sp³-hybridized carbons (Fsp3) is 0.333. The first kappa shape index (κ1) is 14.5. The Morgan fingerprint density at radius 2 is 1.83 bits per heavy atom. The van der Waals surface area contributed by atoms with E-state index >= 15 is 0 Å². The Kier molecular flexibility index (Phi) is 5.64. The second-order valence-corrected chi connectivity index (χ2v) is 4.46. The Hall–Kier alpha value is -1.56. The summed E-state index contributed by atoms with van der Waals surface area (Å²) in [5.41, 5.74) is 0.907. The van der Waals surface area contributed by atoms with Gasteiger partial charge in [-0.25, -0.2) is 9.59 Å². The van der Waals surface area contributed by atoms with Gasteiger partial charge in [0.2, 0.25) is 0 Å². The first-order valence-electron chi connectivity index (χ1n) is 5.23. The fourth-order valence-corrected chi connectivity index (χ4v) is 1.66. The molecule has 1 unspecified atom stereocenters. The maximum atomic E-state index is 11.5. The van der Waals surface area contributed by atoms with E-state index in [1.165, 1.54) is 14.2 Å². The number of rotatable bonds is 4. The molecule has 1 aromatic carbocycles. The van der Waals surface area contributed by atoms with Gasteiger partial charge in [-0.1, -0.05) is 28.1 Å². The van der Waals surface area contributed by atoms with Crippen LogP contribution in [0.15, 0.2) is 28.7 Å². The summed E-state index contributed by atoms with van der Waals surface area (Å²) >= 11 is 3.32. The summed E-state index contributed by atoms with van der Waals surface area (Å²) in [6, 6.07) is 6.69. The summed E-state index contributed by atoms with van der Waals surface area (Å²) in [5, 5.41) is 2.43. The monoisotopic (exact) mass is 315 g/mol. The first-order valence-corrected chi connectivity index (χ1v) is 6.03. The number of carbonyl (C=O) groups excluding carboxylic acids is 2. The van der Waals surface area contributed by atoms with Gasteiger partial charge in [0, 0.05) is 10.9 Å². The standard InChI is InChI=1S/C12H14BrNO4/c1-17-11(15)10(14-12(16)18-2)7-8-3-5-9(13)6-4-8/h3-6,10H,7H2,1-2H3,(H,14,16). The zero-order valence-electron chi connectivity index (χ0n) is 10.1. The van der Waals surface area contributed by atoms with Crippen LogP contribution in [-0.2, 0) is 20.7 Å². The first-order chi connectivity index (χ1) is 8.56. The number of ether oxygens (including phenoxy) is 2.